The normalized spacial score (nSPS) is 12.0. The largest absolute Gasteiger partial charge is 0.330 e. The third kappa shape index (κ3) is 12.6. The summed E-state index contributed by atoms with van der Waals surface area (Å²) in [6, 6.07) is 0. The van der Waals surface area contributed by atoms with E-state index in [2.05, 4.69) is 26.1 Å². The van der Waals surface area contributed by atoms with Gasteiger partial charge in [-0.25, -0.2) is 0 Å². The van der Waals surface area contributed by atoms with E-state index in [1.807, 2.05) is 21.6 Å². The van der Waals surface area contributed by atoms with Crippen LogP contribution < -0.4 is 11.1 Å². The van der Waals surface area contributed by atoms with E-state index in [4.69, 9.17) is 5.73 Å². The predicted octanol–water partition coefficient (Wildman–Crippen LogP) is 2.35. The Hall–Kier alpha value is 0.620. The second-order valence-corrected chi connectivity index (χ2v) is 7.12. The lowest BCUT2D eigenvalue weighted by molar-refractivity contribution is 0.482. The summed E-state index contributed by atoms with van der Waals surface area (Å²) in [5, 5.41) is 3.37. The van der Waals surface area contributed by atoms with Crippen molar-refractivity contribution >= 4 is 21.6 Å². The fraction of sp³-hybridized carbons (Fsp3) is 1.00. The fourth-order valence-electron chi connectivity index (χ4n) is 0.743. The minimum atomic E-state index is 0.449. The van der Waals surface area contributed by atoms with Crippen LogP contribution in [0.1, 0.15) is 27.2 Å². The van der Waals surface area contributed by atoms with Crippen molar-refractivity contribution in [1.29, 1.82) is 0 Å². The summed E-state index contributed by atoms with van der Waals surface area (Å²) in [5.41, 5.74) is 5.84. The lowest BCUT2D eigenvalue weighted by Gasteiger charge is -2.16. The summed E-state index contributed by atoms with van der Waals surface area (Å²) < 4.78 is 0. The molecule has 0 rings (SSSR count). The van der Waals surface area contributed by atoms with Gasteiger partial charge in [0.15, 0.2) is 0 Å². The Kier molecular flexibility index (Phi) is 9.28. The molecule has 0 bridgehead atoms. The molecule has 0 heterocycles. The van der Waals surface area contributed by atoms with Crippen molar-refractivity contribution in [3.05, 3.63) is 0 Å². The van der Waals surface area contributed by atoms with Crippen LogP contribution in [-0.4, -0.2) is 31.1 Å². The Morgan fingerprint density at radius 2 is 1.86 bits per heavy atom. The Balaban J connectivity index is 2.99. The highest BCUT2D eigenvalue weighted by Crippen LogP contribution is 2.28. The Bertz CT molecular complexity index is 124. The van der Waals surface area contributed by atoms with Crippen LogP contribution >= 0.6 is 21.6 Å². The number of nitrogens with two attached hydrogens (primary N) is 1. The number of hydrogen-bond donors (Lipinski definition) is 2. The predicted molar refractivity (Wildman–Crippen MR) is 70.9 cm³/mol. The van der Waals surface area contributed by atoms with Crippen molar-refractivity contribution in [2.75, 3.05) is 31.1 Å². The van der Waals surface area contributed by atoms with E-state index in [1.54, 1.807) is 0 Å². The molecule has 0 aliphatic rings. The van der Waals surface area contributed by atoms with Gasteiger partial charge in [-0.3, -0.25) is 0 Å². The summed E-state index contributed by atoms with van der Waals surface area (Å²) in [6.07, 6.45) is 1.08. The van der Waals surface area contributed by atoms with Crippen molar-refractivity contribution in [1.82, 2.24) is 5.32 Å². The Morgan fingerprint density at radius 3 is 2.43 bits per heavy atom. The van der Waals surface area contributed by atoms with Crippen LogP contribution in [0.2, 0.25) is 0 Å². The zero-order chi connectivity index (χ0) is 10.9. The van der Waals surface area contributed by atoms with E-state index in [9.17, 15) is 0 Å². The van der Waals surface area contributed by atoms with Crippen molar-refractivity contribution in [2.24, 2.45) is 11.1 Å². The van der Waals surface area contributed by atoms with Crippen LogP contribution in [0.3, 0.4) is 0 Å². The van der Waals surface area contributed by atoms with Gasteiger partial charge in [0, 0.05) is 18.1 Å². The monoisotopic (exact) mass is 236 g/mol. The molecule has 0 fully saturated rings. The van der Waals surface area contributed by atoms with Gasteiger partial charge >= 0.3 is 0 Å². The maximum Gasteiger partial charge on any atom is 0.0162 e. The van der Waals surface area contributed by atoms with Crippen LogP contribution in [-0.2, 0) is 0 Å². The molecule has 4 heteroatoms. The van der Waals surface area contributed by atoms with Crippen LogP contribution in [0.5, 0.6) is 0 Å². The molecule has 0 spiro atoms. The molecule has 0 aromatic rings. The molecule has 0 saturated heterocycles. The molecule has 2 nitrogen and oxygen atoms in total. The molecule has 0 aromatic heterocycles. The van der Waals surface area contributed by atoms with Gasteiger partial charge in [0.05, 0.1) is 0 Å². The van der Waals surface area contributed by atoms with Crippen molar-refractivity contribution in [2.45, 2.75) is 27.2 Å². The molecule has 0 atom stereocenters. The molecule has 0 radical (unpaired) electrons. The maximum absolute atomic E-state index is 5.39. The molecule has 3 N–H and O–H groups in total. The highest BCUT2D eigenvalue weighted by Gasteiger charge is 2.09. The quantitative estimate of drug-likeness (QED) is 0.501. The van der Waals surface area contributed by atoms with E-state index >= 15 is 0 Å². The molecular formula is C10H24N2S2. The molecule has 0 aliphatic carbocycles. The van der Waals surface area contributed by atoms with Gasteiger partial charge in [0.2, 0.25) is 0 Å². The number of nitrogens with one attached hydrogen (secondary N) is 1. The molecule has 0 saturated carbocycles. The Labute approximate surface area is 96.6 Å². The SMILES string of the molecule is CC(C)(C)CSSCCNCCCN. The summed E-state index contributed by atoms with van der Waals surface area (Å²) in [5.74, 6) is 2.41. The van der Waals surface area contributed by atoms with Gasteiger partial charge in [0.1, 0.15) is 0 Å². The van der Waals surface area contributed by atoms with Crippen LogP contribution in [0.15, 0.2) is 0 Å². The summed E-state index contributed by atoms with van der Waals surface area (Å²) in [4.78, 5) is 0. The van der Waals surface area contributed by atoms with E-state index < -0.39 is 0 Å². The van der Waals surface area contributed by atoms with Crippen molar-refractivity contribution in [3.63, 3.8) is 0 Å². The minimum absolute atomic E-state index is 0.449. The van der Waals surface area contributed by atoms with Gasteiger partial charge in [-0.2, -0.15) is 0 Å². The molecular weight excluding hydrogens is 212 g/mol. The number of hydrogen-bond acceptors (Lipinski definition) is 4. The Morgan fingerprint density at radius 1 is 1.14 bits per heavy atom. The lowest BCUT2D eigenvalue weighted by atomic mass is 10.0. The van der Waals surface area contributed by atoms with Gasteiger partial charge in [-0.15, -0.1) is 0 Å². The van der Waals surface area contributed by atoms with Gasteiger partial charge in [-0.05, 0) is 24.9 Å². The second kappa shape index (κ2) is 8.89. The standard InChI is InChI=1S/C10H24N2S2/c1-10(2,3)9-14-13-8-7-12-6-4-5-11/h12H,4-9,11H2,1-3H3. The number of rotatable bonds is 8. The summed E-state index contributed by atoms with van der Waals surface area (Å²) >= 11 is 0. The third-order valence-corrected chi connectivity index (χ3v) is 4.37. The van der Waals surface area contributed by atoms with E-state index in [0.29, 0.717) is 5.41 Å². The molecule has 0 amide bonds. The fourth-order valence-corrected chi connectivity index (χ4v) is 3.44. The summed E-state index contributed by atoms with van der Waals surface area (Å²) in [7, 11) is 3.94. The zero-order valence-corrected chi connectivity index (χ0v) is 11.3. The van der Waals surface area contributed by atoms with E-state index in [1.165, 1.54) is 11.5 Å². The third-order valence-electron chi connectivity index (χ3n) is 1.50. The maximum atomic E-state index is 5.39. The van der Waals surface area contributed by atoms with Crippen molar-refractivity contribution < 1.29 is 0 Å². The van der Waals surface area contributed by atoms with E-state index in [-0.39, 0.29) is 0 Å². The smallest absolute Gasteiger partial charge is 0.0162 e. The van der Waals surface area contributed by atoms with Crippen molar-refractivity contribution in [3.8, 4) is 0 Å². The molecule has 0 aromatic carbocycles. The highest BCUT2D eigenvalue weighted by atomic mass is 33.1. The average Bonchev–Trinajstić information content (AvgIpc) is 2.08. The molecule has 14 heavy (non-hydrogen) atoms. The first-order valence-corrected chi connectivity index (χ1v) is 7.70. The van der Waals surface area contributed by atoms with Gasteiger partial charge in [-0.1, -0.05) is 42.4 Å². The summed E-state index contributed by atoms with van der Waals surface area (Å²) in [6.45, 7) is 9.78. The molecule has 0 unspecified atom stereocenters. The highest BCUT2D eigenvalue weighted by molar-refractivity contribution is 8.76. The van der Waals surface area contributed by atoms with Crippen LogP contribution in [0.25, 0.3) is 0 Å². The second-order valence-electron chi connectivity index (χ2n) is 4.54. The van der Waals surface area contributed by atoms with Gasteiger partial charge < -0.3 is 11.1 Å². The first-order valence-electron chi connectivity index (χ1n) is 5.21. The van der Waals surface area contributed by atoms with Gasteiger partial charge in [0.25, 0.3) is 0 Å². The average molecular weight is 236 g/mol. The zero-order valence-electron chi connectivity index (χ0n) is 9.64. The topological polar surface area (TPSA) is 38.0 Å². The van der Waals surface area contributed by atoms with Crippen LogP contribution in [0, 0.1) is 5.41 Å². The molecule has 86 valence electrons. The minimum Gasteiger partial charge on any atom is -0.330 e. The molecule has 0 aliphatic heterocycles. The first-order chi connectivity index (χ1) is 6.56. The van der Waals surface area contributed by atoms with E-state index in [0.717, 1.165) is 26.1 Å². The first kappa shape index (κ1) is 14.6. The van der Waals surface area contributed by atoms with Crippen LogP contribution in [0.4, 0.5) is 0 Å². The lowest BCUT2D eigenvalue weighted by Crippen LogP contribution is -2.20.